The normalized spacial score (nSPS) is 16.5. The lowest BCUT2D eigenvalue weighted by molar-refractivity contribution is -0.145. The molecule has 33 heteroatoms. The molecule has 3 rings (SSSR count). The van der Waals surface area contributed by atoms with Crippen molar-refractivity contribution < 1.29 is 93.3 Å². The van der Waals surface area contributed by atoms with E-state index in [-0.39, 0.29) is 96.8 Å². The smallest absolute Gasteiger partial charge is 0.320 e. The van der Waals surface area contributed by atoms with Gasteiger partial charge in [-0.25, -0.2) is 4.98 Å². The summed E-state index contributed by atoms with van der Waals surface area (Å²) in [7, 11) is 0. The lowest BCUT2D eigenvalue weighted by atomic mass is 10.0. The van der Waals surface area contributed by atoms with Crippen molar-refractivity contribution in [3.63, 3.8) is 0 Å². The summed E-state index contributed by atoms with van der Waals surface area (Å²) in [6.07, 6.45) is 1.17. The molecule has 2 unspecified atom stereocenters. The number of carboxylic acids is 5. The summed E-state index contributed by atoms with van der Waals surface area (Å²) < 4.78 is 0. The molecule has 82 heavy (non-hydrogen) atoms. The van der Waals surface area contributed by atoms with Crippen molar-refractivity contribution in [2.75, 3.05) is 98.3 Å². The highest BCUT2D eigenvalue weighted by molar-refractivity contribution is 5.98. The van der Waals surface area contributed by atoms with Crippen molar-refractivity contribution in [3.05, 3.63) is 54.1 Å². The molecule has 17 N–H and O–H groups in total. The van der Waals surface area contributed by atoms with E-state index < -0.39 is 153 Å². The average Bonchev–Trinajstić information content (AvgIpc) is 3.94. The van der Waals surface area contributed by atoms with Gasteiger partial charge in [0.05, 0.1) is 57.8 Å². The number of carbonyl (C=O) groups excluding carboxylic acids is 7. The van der Waals surface area contributed by atoms with E-state index >= 15 is 0 Å². The molecule has 1 fully saturated rings. The molecule has 7 atom stereocenters. The number of aliphatic carboxylic acids is 5. The van der Waals surface area contributed by atoms with Crippen LogP contribution in [-0.2, 0) is 70.4 Å². The molecule has 0 radical (unpaired) electrons. The van der Waals surface area contributed by atoms with Crippen LogP contribution in [0.1, 0.15) is 37.4 Å². The molecule has 1 aliphatic rings. The van der Waals surface area contributed by atoms with Crippen LogP contribution in [0, 0.1) is 0 Å². The van der Waals surface area contributed by atoms with Gasteiger partial charge in [0.15, 0.2) is 0 Å². The Morgan fingerprint density at radius 1 is 0.573 bits per heavy atom. The van der Waals surface area contributed by atoms with Crippen molar-refractivity contribution in [1.29, 1.82) is 0 Å². The Hall–Kier alpha value is -8.21. The third kappa shape index (κ3) is 25.1. The van der Waals surface area contributed by atoms with E-state index in [0.717, 1.165) is 0 Å². The Balaban J connectivity index is 1.73. The highest BCUT2D eigenvalue weighted by atomic mass is 16.4. The van der Waals surface area contributed by atoms with E-state index in [1.807, 2.05) is 0 Å². The molecule has 2 heterocycles. The van der Waals surface area contributed by atoms with Crippen LogP contribution in [0.15, 0.2) is 42.9 Å². The minimum absolute atomic E-state index is 0.00857. The highest BCUT2D eigenvalue weighted by Crippen LogP contribution is 2.12. The van der Waals surface area contributed by atoms with Gasteiger partial charge in [-0.1, -0.05) is 30.3 Å². The van der Waals surface area contributed by atoms with Gasteiger partial charge in [-0.05, 0) is 25.3 Å². The van der Waals surface area contributed by atoms with Crippen LogP contribution >= 0.6 is 0 Å². The van der Waals surface area contributed by atoms with Gasteiger partial charge >= 0.3 is 29.8 Å². The molecule has 0 saturated carbocycles. The summed E-state index contributed by atoms with van der Waals surface area (Å²) in [5.74, 6) is -13.2. The second-order valence-electron chi connectivity index (χ2n) is 19.0. The average molecular weight is 1160 g/mol. The minimum atomic E-state index is -1.80. The summed E-state index contributed by atoms with van der Waals surface area (Å²) in [5.41, 5.74) is 5.99. The quantitative estimate of drug-likeness (QED) is 0.0295. The maximum absolute atomic E-state index is 14.0. The lowest BCUT2D eigenvalue weighted by Gasteiger charge is -2.35. The number of aromatic nitrogens is 2. The predicted molar refractivity (Wildman–Crippen MR) is 283 cm³/mol. The number of carboxylic acid groups (broad SMARTS) is 5. The first-order valence-electron chi connectivity index (χ1n) is 26.0. The maximum Gasteiger partial charge on any atom is 0.320 e. The van der Waals surface area contributed by atoms with Gasteiger partial charge in [-0.2, -0.15) is 0 Å². The molecule has 1 aromatic carbocycles. The number of aliphatic hydroxyl groups excluding tert-OH is 2. The summed E-state index contributed by atoms with van der Waals surface area (Å²) in [6.45, 7) is -2.25. The van der Waals surface area contributed by atoms with Gasteiger partial charge in [0.1, 0.15) is 42.3 Å². The standard InChI is InChI=1S/C49H74N14O19/c1-29(54-45(77)34(20-39(67)68)55-38(66)21-50)43(75)56-33(19-31-22-51-28-53-31)47(79)59-36(27-65)48(80)57-32(18-30-6-3-2-4-7-30)46(78)58-35(26-64)44(76)52-9-5-8-37(49(81)82)63-16-14-61(24-41(71)72)12-10-60(23-40(69)70)11-13-62(15-17-63)25-42(73)74/h2-4,6-7,22,28-29,32-37,64-65H,5,8-21,23-27,50H2,1H3,(H,51,53)(H,52,76)(H,54,77)(H,55,66)(H,56,75)(H,57,80)(H,58,78)(H,59,79)(H,67,68)(H,69,70)(H,71,72)(H,73,74)(H,81,82)/t29-,32-,33-,34-,35?,36-,37?/m0/s1. The number of aliphatic hydroxyl groups is 2. The van der Waals surface area contributed by atoms with Crippen molar-refractivity contribution >= 4 is 71.2 Å². The molecule has 33 nitrogen and oxygen atoms in total. The Bertz CT molecular complexity index is 2440. The van der Waals surface area contributed by atoms with Crippen LogP contribution in [0.2, 0.25) is 0 Å². The minimum Gasteiger partial charge on any atom is -0.481 e. The predicted octanol–water partition coefficient (Wildman–Crippen LogP) is -7.63. The number of imidazole rings is 1. The SMILES string of the molecule is C[C@H](NC(=O)[C@H](CC(=O)O)NC(=O)CN)C(=O)N[C@@H](Cc1c[nH]cn1)C(=O)N[C@@H](CO)C(=O)N[C@@H](Cc1ccccc1)C(=O)NC(CO)C(=O)NCCCC(C(=O)O)N1CCN(CC(=O)O)CCN(CC(=O)O)CCN(CC(=O)O)CC1. The van der Waals surface area contributed by atoms with Gasteiger partial charge in [0, 0.05) is 77.9 Å². The topological polar surface area (TPSA) is 498 Å². The van der Waals surface area contributed by atoms with Gasteiger partial charge in [0.25, 0.3) is 0 Å². The van der Waals surface area contributed by atoms with Crippen LogP contribution in [0.25, 0.3) is 0 Å². The third-order valence-corrected chi connectivity index (χ3v) is 12.7. The van der Waals surface area contributed by atoms with Crippen LogP contribution in [-0.4, -0.2) is 277 Å². The fourth-order valence-corrected chi connectivity index (χ4v) is 8.40. The molecule has 454 valence electrons. The van der Waals surface area contributed by atoms with Gasteiger partial charge < -0.3 is 83.7 Å². The van der Waals surface area contributed by atoms with E-state index in [9.17, 15) is 93.3 Å². The number of amides is 7. The van der Waals surface area contributed by atoms with Crippen molar-refractivity contribution in [2.45, 2.75) is 81.3 Å². The summed E-state index contributed by atoms with van der Waals surface area (Å²) in [6, 6.07) is -2.66. The molecular weight excluding hydrogens is 1090 g/mol. The third-order valence-electron chi connectivity index (χ3n) is 12.7. The molecule has 2 aromatic rings. The second-order valence-corrected chi connectivity index (χ2v) is 19.0. The van der Waals surface area contributed by atoms with Gasteiger partial charge in [-0.3, -0.25) is 77.1 Å². The molecule has 7 amide bonds. The molecule has 0 aliphatic carbocycles. The van der Waals surface area contributed by atoms with E-state index in [1.165, 1.54) is 29.2 Å². The molecule has 1 saturated heterocycles. The number of nitrogens with one attached hydrogen (secondary N) is 8. The number of carbonyl (C=O) groups is 12. The maximum atomic E-state index is 14.0. The number of nitrogens with zero attached hydrogens (tertiary/aromatic N) is 5. The number of rotatable bonds is 33. The van der Waals surface area contributed by atoms with Crippen molar-refractivity contribution in [3.8, 4) is 0 Å². The highest BCUT2D eigenvalue weighted by Gasteiger charge is 2.34. The first-order chi connectivity index (χ1) is 38.9. The van der Waals surface area contributed by atoms with Crippen LogP contribution in [0.3, 0.4) is 0 Å². The van der Waals surface area contributed by atoms with Crippen molar-refractivity contribution in [2.24, 2.45) is 5.73 Å². The largest absolute Gasteiger partial charge is 0.481 e. The first kappa shape index (κ1) is 68.1. The molecular formula is C49H74N14O19. The Morgan fingerprint density at radius 2 is 1.04 bits per heavy atom. The lowest BCUT2D eigenvalue weighted by Crippen LogP contribution is -2.61. The number of aromatic amines is 1. The van der Waals surface area contributed by atoms with Crippen molar-refractivity contribution in [1.82, 2.24) is 66.8 Å². The molecule has 0 bridgehead atoms. The zero-order valence-electron chi connectivity index (χ0n) is 45.1. The van der Waals surface area contributed by atoms with E-state index in [2.05, 4.69) is 47.2 Å². The van der Waals surface area contributed by atoms with E-state index in [0.29, 0.717) is 5.56 Å². The fourth-order valence-electron chi connectivity index (χ4n) is 8.40. The molecule has 1 aromatic heterocycles. The summed E-state index contributed by atoms with van der Waals surface area (Å²) >= 11 is 0. The fraction of sp³-hybridized carbons (Fsp3) is 0.571. The van der Waals surface area contributed by atoms with Gasteiger partial charge in [0.2, 0.25) is 41.4 Å². The Morgan fingerprint density at radius 3 is 1.50 bits per heavy atom. The molecule has 1 aliphatic heterocycles. The van der Waals surface area contributed by atoms with Crippen LogP contribution in [0.5, 0.6) is 0 Å². The molecule has 0 spiro atoms. The van der Waals surface area contributed by atoms with Crippen LogP contribution in [0.4, 0.5) is 0 Å². The second kappa shape index (κ2) is 35.5. The number of benzene rings is 1. The number of H-pyrrole nitrogens is 1. The Kier molecular flexibility index (Phi) is 29.5. The summed E-state index contributed by atoms with van der Waals surface area (Å²) in [4.78, 5) is 165. The monoisotopic (exact) mass is 1160 g/mol. The number of hydrogen-bond acceptors (Lipinski definition) is 20. The van der Waals surface area contributed by atoms with Crippen LogP contribution < -0.4 is 43.0 Å². The number of hydrogen-bond donors (Lipinski definition) is 16. The van der Waals surface area contributed by atoms with E-state index in [4.69, 9.17) is 5.73 Å². The van der Waals surface area contributed by atoms with Gasteiger partial charge in [-0.15, -0.1) is 0 Å². The van der Waals surface area contributed by atoms with E-state index in [1.54, 1.807) is 40.1 Å². The zero-order valence-corrected chi connectivity index (χ0v) is 45.1. The summed E-state index contributed by atoms with van der Waals surface area (Å²) in [5, 5.41) is 85.4. The number of nitrogens with two attached hydrogens (primary N) is 1. The first-order valence-corrected chi connectivity index (χ1v) is 26.0. The zero-order chi connectivity index (χ0) is 60.9. The Labute approximate surface area is 469 Å².